The van der Waals surface area contributed by atoms with Crippen LogP contribution in [0.2, 0.25) is 0 Å². The monoisotopic (exact) mass is 487 g/mol. The minimum absolute atomic E-state index is 0.0216. The van der Waals surface area contributed by atoms with Crippen molar-refractivity contribution in [2.24, 2.45) is 17.3 Å². The molecule has 1 N–H and O–H groups in total. The van der Waals surface area contributed by atoms with E-state index < -0.39 is 5.97 Å². The van der Waals surface area contributed by atoms with Crippen LogP contribution in [-0.4, -0.2) is 66.0 Å². The fraction of sp³-hybridized carbons (Fsp3) is 0.654. The largest absolute Gasteiger partial charge is 0.477 e. The Labute approximate surface area is 207 Å². The first-order valence-corrected chi connectivity index (χ1v) is 12.9. The van der Waals surface area contributed by atoms with Gasteiger partial charge in [0.15, 0.2) is 0 Å². The topological polar surface area (TPSA) is 81.2 Å². The van der Waals surface area contributed by atoms with Crippen LogP contribution in [0.25, 0.3) is 0 Å². The van der Waals surface area contributed by atoms with Crippen LogP contribution in [0.4, 0.5) is 10.5 Å². The zero-order valence-electron chi connectivity index (χ0n) is 21.2. The summed E-state index contributed by atoms with van der Waals surface area (Å²) in [6.45, 7) is 9.14. The number of hydrogen-bond acceptors (Lipinski definition) is 4. The van der Waals surface area contributed by atoms with Crippen molar-refractivity contribution in [2.75, 3.05) is 32.1 Å². The van der Waals surface area contributed by atoms with Crippen LogP contribution in [0.3, 0.4) is 0 Å². The van der Waals surface area contributed by atoms with E-state index in [0.29, 0.717) is 36.0 Å². The van der Waals surface area contributed by atoms with E-state index in [1.165, 1.54) is 4.90 Å². The van der Waals surface area contributed by atoms with Gasteiger partial charge in [-0.25, -0.2) is 9.59 Å². The van der Waals surface area contributed by atoms with Crippen molar-refractivity contribution in [3.63, 3.8) is 0 Å². The Kier molecular flexibility index (Phi) is 7.97. The lowest BCUT2D eigenvalue weighted by atomic mass is 9.82. The van der Waals surface area contributed by atoms with Crippen LogP contribution in [0, 0.1) is 29.1 Å². The summed E-state index contributed by atoms with van der Waals surface area (Å²) in [6, 6.07) is 1.40. The van der Waals surface area contributed by atoms with Crippen LogP contribution >= 0.6 is 11.3 Å². The summed E-state index contributed by atoms with van der Waals surface area (Å²) in [5.74, 6) is 5.67. The molecule has 1 aliphatic heterocycles. The van der Waals surface area contributed by atoms with Gasteiger partial charge in [0.25, 0.3) is 0 Å². The molecule has 1 aromatic heterocycles. The highest BCUT2D eigenvalue weighted by Gasteiger charge is 2.39. The molecule has 3 rings (SSSR count). The molecule has 8 heteroatoms. The molecule has 1 saturated carbocycles. The Balaban J connectivity index is 2.00. The minimum Gasteiger partial charge on any atom is -0.477 e. The summed E-state index contributed by atoms with van der Waals surface area (Å²) < 4.78 is 0. The van der Waals surface area contributed by atoms with Crippen molar-refractivity contribution in [2.45, 2.75) is 65.8 Å². The maximum absolute atomic E-state index is 13.9. The van der Waals surface area contributed by atoms with E-state index >= 15 is 0 Å². The molecule has 7 nitrogen and oxygen atoms in total. The molecule has 0 unspecified atom stereocenters. The van der Waals surface area contributed by atoms with Crippen LogP contribution in [0.15, 0.2) is 6.07 Å². The molecule has 34 heavy (non-hydrogen) atoms. The lowest BCUT2D eigenvalue weighted by Gasteiger charge is -2.34. The van der Waals surface area contributed by atoms with E-state index in [1.807, 2.05) is 20.8 Å². The van der Waals surface area contributed by atoms with E-state index in [1.54, 1.807) is 30.0 Å². The van der Waals surface area contributed by atoms with E-state index in [0.717, 1.165) is 37.0 Å². The summed E-state index contributed by atoms with van der Waals surface area (Å²) >= 11 is 1.12. The van der Waals surface area contributed by atoms with Crippen LogP contribution < -0.4 is 4.90 Å². The summed E-state index contributed by atoms with van der Waals surface area (Å²) in [5.41, 5.74) is 0.198. The molecule has 0 spiro atoms. The second-order valence-electron chi connectivity index (χ2n) is 10.9. The molecular weight excluding hydrogens is 450 g/mol. The Bertz CT molecular complexity index is 990. The third kappa shape index (κ3) is 6.12. The Morgan fingerprint density at radius 3 is 2.32 bits per heavy atom. The molecular formula is C26H37N3O4S. The van der Waals surface area contributed by atoms with Gasteiger partial charge in [-0.3, -0.25) is 4.79 Å². The van der Waals surface area contributed by atoms with E-state index in [2.05, 4.69) is 18.8 Å². The van der Waals surface area contributed by atoms with Crippen LogP contribution in [-0.2, 0) is 4.79 Å². The lowest BCUT2D eigenvalue weighted by Crippen LogP contribution is -2.47. The van der Waals surface area contributed by atoms with Gasteiger partial charge in [-0.15, -0.1) is 11.3 Å². The maximum Gasteiger partial charge on any atom is 0.348 e. The van der Waals surface area contributed by atoms with Crippen molar-refractivity contribution in [3.05, 3.63) is 15.8 Å². The second-order valence-corrected chi connectivity index (χ2v) is 11.9. The number of carboxylic acid groups (broad SMARTS) is 1. The highest BCUT2D eigenvalue weighted by molar-refractivity contribution is 7.15. The molecule has 0 radical (unpaired) electrons. The van der Waals surface area contributed by atoms with Gasteiger partial charge >= 0.3 is 12.0 Å². The number of urea groups is 1. The average molecular weight is 488 g/mol. The number of amides is 3. The normalized spacial score (nSPS) is 22.6. The number of anilines is 1. The summed E-state index contributed by atoms with van der Waals surface area (Å²) in [7, 11) is 3.42. The summed E-state index contributed by atoms with van der Waals surface area (Å²) in [4.78, 5) is 44.4. The first-order chi connectivity index (χ1) is 15.9. The van der Waals surface area contributed by atoms with Crippen molar-refractivity contribution in [1.82, 2.24) is 9.80 Å². The average Bonchev–Trinajstić information content (AvgIpc) is 3.40. The number of aromatic carboxylic acids is 1. The van der Waals surface area contributed by atoms with Crippen molar-refractivity contribution >= 4 is 34.9 Å². The van der Waals surface area contributed by atoms with Gasteiger partial charge in [0.05, 0.1) is 16.6 Å². The lowest BCUT2D eigenvalue weighted by molar-refractivity contribution is -0.124. The molecule has 3 amide bonds. The van der Waals surface area contributed by atoms with Gasteiger partial charge in [-0.2, -0.15) is 0 Å². The molecule has 1 saturated heterocycles. The Morgan fingerprint density at radius 2 is 1.76 bits per heavy atom. The number of rotatable bonds is 4. The number of nitrogens with zero attached hydrogens (tertiary/aromatic N) is 3. The molecule has 2 fully saturated rings. The Morgan fingerprint density at radius 1 is 1.12 bits per heavy atom. The number of carbonyl (C=O) groups excluding carboxylic acids is 2. The zero-order chi connectivity index (χ0) is 25.2. The van der Waals surface area contributed by atoms with Crippen molar-refractivity contribution in [1.29, 1.82) is 0 Å². The fourth-order valence-corrected chi connectivity index (χ4v) is 5.47. The first kappa shape index (κ1) is 26.1. The third-order valence-electron chi connectivity index (χ3n) is 6.51. The van der Waals surface area contributed by atoms with Gasteiger partial charge in [-0.05, 0) is 64.9 Å². The van der Waals surface area contributed by atoms with Gasteiger partial charge < -0.3 is 19.8 Å². The molecule has 0 aromatic carbocycles. The van der Waals surface area contributed by atoms with E-state index in [4.69, 9.17) is 0 Å². The summed E-state index contributed by atoms with van der Waals surface area (Å²) in [5, 5.41) is 9.99. The minimum atomic E-state index is -1.06. The molecule has 1 atom stereocenters. The SMILES string of the molecule is CC1CCC(C(=O)N(c2cc(C#CC(C)(C)C)sc2C(=O)O)[C@H]2CCN(C(=O)N(C)C)C2)CC1. The highest BCUT2D eigenvalue weighted by atomic mass is 32.1. The highest BCUT2D eigenvalue weighted by Crippen LogP contribution is 2.37. The standard InChI is InChI=1S/C26H37N3O4S/c1-17-7-9-18(10-8-17)23(30)29(19-12-14-28(16-19)25(33)27(5)6)21-15-20(11-13-26(2,3)4)34-22(21)24(31)32/h15,17-19H,7-10,12,14,16H2,1-6H3,(H,31,32)/t17?,18?,19-/m0/s1. The second kappa shape index (κ2) is 10.4. The third-order valence-corrected chi connectivity index (χ3v) is 7.54. The Hall–Kier alpha value is -2.53. The molecule has 1 aromatic rings. The molecule has 0 bridgehead atoms. The number of hydrogen-bond donors (Lipinski definition) is 1. The van der Waals surface area contributed by atoms with Crippen molar-refractivity contribution in [3.8, 4) is 11.8 Å². The number of thiophene rings is 1. The first-order valence-electron chi connectivity index (χ1n) is 12.1. The maximum atomic E-state index is 13.9. The smallest absolute Gasteiger partial charge is 0.348 e. The molecule has 186 valence electrons. The van der Waals surface area contributed by atoms with E-state index in [-0.39, 0.29) is 34.2 Å². The van der Waals surface area contributed by atoms with Crippen molar-refractivity contribution < 1.29 is 19.5 Å². The quantitative estimate of drug-likeness (QED) is 0.621. The fourth-order valence-electron chi connectivity index (χ4n) is 4.63. The van der Waals surface area contributed by atoms with Crippen LogP contribution in [0.5, 0.6) is 0 Å². The van der Waals surface area contributed by atoms with Crippen LogP contribution in [0.1, 0.15) is 74.3 Å². The predicted octanol–water partition coefficient (Wildman–Crippen LogP) is 4.76. The predicted molar refractivity (Wildman–Crippen MR) is 135 cm³/mol. The van der Waals surface area contributed by atoms with Gasteiger partial charge in [0.1, 0.15) is 4.88 Å². The van der Waals surface area contributed by atoms with Gasteiger partial charge in [-0.1, -0.05) is 18.8 Å². The number of likely N-dealkylation sites (tertiary alicyclic amines) is 1. The molecule has 2 heterocycles. The summed E-state index contributed by atoms with van der Waals surface area (Å²) in [6.07, 6.45) is 4.24. The molecule has 1 aliphatic carbocycles. The molecule has 2 aliphatic rings. The zero-order valence-corrected chi connectivity index (χ0v) is 22.0. The van der Waals surface area contributed by atoms with E-state index in [9.17, 15) is 19.5 Å². The van der Waals surface area contributed by atoms with Gasteiger partial charge in [0, 0.05) is 38.5 Å². The van der Waals surface area contributed by atoms with Gasteiger partial charge in [0.2, 0.25) is 5.91 Å². The number of carboxylic acids is 1. The number of carbonyl (C=O) groups is 3.